The van der Waals surface area contributed by atoms with Gasteiger partial charge in [0, 0.05) is 4.88 Å². The highest BCUT2D eigenvalue weighted by molar-refractivity contribution is 7.18. The average Bonchev–Trinajstić information content (AvgIpc) is 3.03. The zero-order chi connectivity index (χ0) is 21.7. The molecule has 0 aliphatic rings. The molecule has 0 spiro atoms. The monoisotopic (exact) mass is 428 g/mol. The third-order valence-corrected chi connectivity index (χ3v) is 5.64. The summed E-state index contributed by atoms with van der Waals surface area (Å²) in [4.78, 5) is 30.9. The predicted molar refractivity (Wildman–Crippen MR) is 118 cm³/mol. The van der Waals surface area contributed by atoms with Crippen molar-refractivity contribution in [3.63, 3.8) is 0 Å². The number of nitrogens with one attached hydrogen (secondary N) is 1. The zero-order valence-corrected chi connectivity index (χ0v) is 18.2. The molecule has 0 unspecified atom stereocenters. The van der Waals surface area contributed by atoms with Crippen molar-refractivity contribution in [1.82, 2.24) is 15.0 Å². The first kappa shape index (κ1) is 21.5. The first-order valence-electron chi connectivity index (χ1n) is 9.52. The van der Waals surface area contributed by atoms with E-state index in [1.54, 1.807) is 19.2 Å². The van der Waals surface area contributed by atoms with Gasteiger partial charge in [0.25, 0.3) is 11.5 Å². The van der Waals surface area contributed by atoms with E-state index in [0.717, 1.165) is 22.4 Å². The molecule has 0 saturated heterocycles. The van der Waals surface area contributed by atoms with Crippen LogP contribution in [0, 0.1) is 13.8 Å². The third kappa shape index (κ3) is 4.68. The Morgan fingerprint density at radius 2 is 2.13 bits per heavy atom. The van der Waals surface area contributed by atoms with E-state index in [2.05, 4.69) is 15.5 Å². The number of hydrogen-bond acceptors (Lipinski definition) is 7. The van der Waals surface area contributed by atoms with Crippen LogP contribution < -0.4 is 20.5 Å². The van der Waals surface area contributed by atoms with Crippen molar-refractivity contribution in [3.05, 3.63) is 50.9 Å². The van der Waals surface area contributed by atoms with E-state index in [1.807, 2.05) is 26.8 Å². The number of rotatable bonds is 8. The topological polar surface area (TPSA) is 94.8 Å². The molecule has 9 heteroatoms. The van der Waals surface area contributed by atoms with Crippen molar-refractivity contribution in [2.75, 3.05) is 13.7 Å². The van der Waals surface area contributed by atoms with Crippen LogP contribution in [0.2, 0.25) is 0 Å². The summed E-state index contributed by atoms with van der Waals surface area (Å²) in [6.07, 6.45) is 3.79. The van der Waals surface area contributed by atoms with Crippen LogP contribution in [0.1, 0.15) is 29.3 Å². The Kier molecular flexibility index (Phi) is 6.83. The molecule has 2 aromatic heterocycles. The van der Waals surface area contributed by atoms with Gasteiger partial charge in [0.15, 0.2) is 11.5 Å². The minimum Gasteiger partial charge on any atom is -0.493 e. The van der Waals surface area contributed by atoms with Gasteiger partial charge in [0.05, 0.1) is 31.6 Å². The largest absolute Gasteiger partial charge is 0.493 e. The summed E-state index contributed by atoms with van der Waals surface area (Å²) in [6.45, 7) is 6.30. The van der Waals surface area contributed by atoms with Crippen LogP contribution in [-0.4, -0.2) is 35.4 Å². The van der Waals surface area contributed by atoms with Gasteiger partial charge in [-0.3, -0.25) is 14.2 Å². The molecule has 3 rings (SSSR count). The van der Waals surface area contributed by atoms with Gasteiger partial charge in [-0.25, -0.2) is 10.4 Å². The molecule has 0 fully saturated rings. The van der Waals surface area contributed by atoms with Gasteiger partial charge in [-0.15, -0.1) is 11.3 Å². The van der Waals surface area contributed by atoms with Gasteiger partial charge in [0.2, 0.25) is 0 Å². The number of nitrogens with zero attached hydrogens (tertiary/aromatic N) is 3. The predicted octanol–water partition coefficient (Wildman–Crippen LogP) is 3.02. The number of carbonyl (C=O) groups excluding carboxylic acids is 1. The standard InChI is InChI=1S/C21H24N4O4S/c1-5-8-29-16-7-6-15(9-17(16)28-4)10-23-24-18(26)11-25-12-22-20-19(21(25)27)13(2)14(3)30-20/h6-7,9-10,12H,5,8,11H2,1-4H3,(H,24,26)/b23-10+. The van der Waals surface area contributed by atoms with Crippen LogP contribution in [0.3, 0.4) is 0 Å². The van der Waals surface area contributed by atoms with Crippen LogP contribution in [0.4, 0.5) is 0 Å². The van der Waals surface area contributed by atoms with E-state index in [0.29, 0.717) is 28.3 Å². The summed E-state index contributed by atoms with van der Waals surface area (Å²) in [5.41, 5.74) is 3.85. The maximum Gasteiger partial charge on any atom is 0.262 e. The first-order valence-corrected chi connectivity index (χ1v) is 10.3. The fraction of sp³-hybridized carbons (Fsp3) is 0.333. The Morgan fingerprint density at radius 3 is 2.87 bits per heavy atom. The average molecular weight is 429 g/mol. The fourth-order valence-corrected chi connectivity index (χ4v) is 3.83. The van der Waals surface area contributed by atoms with Gasteiger partial charge in [0.1, 0.15) is 11.4 Å². The summed E-state index contributed by atoms with van der Waals surface area (Å²) in [7, 11) is 1.57. The second-order valence-electron chi connectivity index (χ2n) is 6.69. The lowest BCUT2D eigenvalue weighted by atomic mass is 10.2. The maximum atomic E-state index is 12.7. The van der Waals surface area contributed by atoms with Crippen LogP contribution >= 0.6 is 11.3 Å². The molecule has 0 aliphatic heterocycles. The highest BCUT2D eigenvalue weighted by Crippen LogP contribution is 2.27. The van der Waals surface area contributed by atoms with Crippen molar-refractivity contribution in [3.8, 4) is 11.5 Å². The van der Waals surface area contributed by atoms with Crippen molar-refractivity contribution >= 4 is 33.7 Å². The SMILES string of the molecule is CCCOc1ccc(/C=N/NC(=O)Cn2cnc3sc(C)c(C)c3c2=O)cc1OC. The maximum absolute atomic E-state index is 12.7. The number of carbonyl (C=O) groups is 1. The molecule has 0 saturated carbocycles. The van der Waals surface area contributed by atoms with E-state index < -0.39 is 5.91 Å². The van der Waals surface area contributed by atoms with Gasteiger partial charge in [-0.1, -0.05) is 6.92 Å². The molecule has 1 N–H and O–H groups in total. The van der Waals surface area contributed by atoms with Crippen LogP contribution in [-0.2, 0) is 11.3 Å². The van der Waals surface area contributed by atoms with E-state index >= 15 is 0 Å². The van der Waals surface area contributed by atoms with Crippen LogP contribution in [0.5, 0.6) is 11.5 Å². The summed E-state index contributed by atoms with van der Waals surface area (Å²) in [5, 5.41) is 4.53. The molecule has 158 valence electrons. The minimum atomic E-state index is -0.422. The van der Waals surface area contributed by atoms with E-state index in [4.69, 9.17) is 9.47 Å². The van der Waals surface area contributed by atoms with Crippen molar-refractivity contribution in [1.29, 1.82) is 0 Å². The third-order valence-electron chi connectivity index (χ3n) is 4.52. The molecule has 0 aliphatic carbocycles. The number of aryl methyl sites for hydroxylation is 2. The molecule has 1 aromatic carbocycles. The second kappa shape index (κ2) is 9.53. The Labute approximate surface area is 178 Å². The molecule has 0 radical (unpaired) electrons. The smallest absolute Gasteiger partial charge is 0.262 e. The number of thiophene rings is 1. The summed E-state index contributed by atoms with van der Waals surface area (Å²) < 4.78 is 12.2. The molecule has 0 atom stereocenters. The first-order chi connectivity index (χ1) is 14.4. The zero-order valence-electron chi connectivity index (χ0n) is 17.4. The molecule has 2 heterocycles. The molecule has 8 nitrogen and oxygen atoms in total. The number of aromatic nitrogens is 2. The molecule has 1 amide bonds. The van der Waals surface area contributed by atoms with Gasteiger partial charge in [-0.05, 0) is 49.6 Å². The van der Waals surface area contributed by atoms with E-state index in [1.165, 1.54) is 28.4 Å². The Balaban J connectivity index is 1.67. The number of hydrogen-bond donors (Lipinski definition) is 1. The van der Waals surface area contributed by atoms with E-state index in [-0.39, 0.29) is 12.1 Å². The van der Waals surface area contributed by atoms with Crippen LogP contribution in [0.15, 0.2) is 34.4 Å². The Hall–Kier alpha value is -3.20. The lowest BCUT2D eigenvalue weighted by Gasteiger charge is -2.10. The lowest BCUT2D eigenvalue weighted by molar-refractivity contribution is -0.121. The van der Waals surface area contributed by atoms with Crippen molar-refractivity contribution < 1.29 is 14.3 Å². The number of amides is 1. The normalized spacial score (nSPS) is 11.2. The molecule has 30 heavy (non-hydrogen) atoms. The van der Waals surface area contributed by atoms with E-state index in [9.17, 15) is 9.59 Å². The fourth-order valence-electron chi connectivity index (χ4n) is 2.85. The van der Waals surface area contributed by atoms with Crippen LogP contribution in [0.25, 0.3) is 10.2 Å². The van der Waals surface area contributed by atoms with Crippen molar-refractivity contribution in [2.24, 2.45) is 5.10 Å². The Morgan fingerprint density at radius 1 is 1.33 bits per heavy atom. The number of hydrazone groups is 1. The highest BCUT2D eigenvalue weighted by Gasteiger charge is 2.13. The lowest BCUT2D eigenvalue weighted by Crippen LogP contribution is -2.30. The van der Waals surface area contributed by atoms with Gasteiger partial charge in [-0.2, -0.15) is 5.10 Å². The number of benzene rings is 1. The molecule has 0 bridgehead atoms. The minimum absolute atomic E-state index is 0.166. The number of ether oxygens (including phenoxy) is 2. The molecular formula is C21H24N4O4S. The number of methoxy groups -OCH3 is 1. The number of fused-ring (bicyclic) bond motifs is 1. The van der Waals surface area contributed by atoms with Gasteiger partial charge >= 0.3 is 0 Å². The summed E-state index contributed by atoms with van der Waals surface area (Å²) in [5.74, 6) is 0.821. The van der Waals surface area contributed by atoms with Gasteiger partial charge < -0.3 is 9.47 Å². The quantitative estimate of drug-likeness (QED) is 0.440. The summed E-state index contributed by atoms with van der Waals surface area (Å²) in [6, 6.07) is 5.38. The molecule has 3 aromatic rings. The highest BCUT2D eigenvalue weighted by atomic mass is 32.1. The Bertz CT molecular complexity index is 1150. The second-order valence-corrected chi connectivity index (χ2v) is 7.90. The van der Waals surface area contributed by atoms with Crippen molar-refractivity contribution in [2.45, 2.75) is 33.7 Å². The summed E-state index contributed by atoms with van der Waals surface area (Å²) >= 11 is 1.47. The molecular weight excluding hydrogens is 404 g/mol.